The molecule has 5 nitrogen and oxygen atoms in total. The summed E-state index contributed by atoms with van der Waals surface area (Å²) in [5.41, 5.74) is 4.00. The van der Waals surface area contributed by atoms with Crippen molar-refractivity contribution in [1.29, 1.82) is 0 Å². The molecule has 0 aliphatic heterocycles. The Morgan fingerprint density at radius 2 is 1.83 bits per heavy atom. The van der Waals surface area contributed by atoms with Gasteiger partial charge in [0.1, 0.15) is 11.5 Å². The largest absolute Gasteiger partial charge is 0.507 e. The summed E-state index contributed by atoms with van der Waals surface area (Å²) in [7, 11) is 1.57. The molecule has 0 aliphatic carbocycles. The van der Waals surface area contributed by atoms with E-state index >= 15 is 0 Å². The van der Waals surface area contributed by atoms with Crippen molar-refractivity contribution in [3.63, 3.8) is 0 Å². The number of methoxy groups -OCH3 is 1. The average Bonchev–Trinajstić information content (AvgIpc) is 3.10. The van der Waals surface area contributed by atoms with Crippen molar-refractivity contribution in [2.45, 2.75) is 0 Å². The molecule has 0 unspecified atom stereocenters. The number of benzene rings is 2. The lowest BCUT2D eigenvalue weighted by Gasteiger charge is -2.11. The molecule has 4 rings (SSSR count). The van der Waals surface area contributed by atoms with Gasteiger partial charge in [0.15, 0.2) is 5.65 Å². The van der Waals surface area contributed by atoms with Crippen LogP contribution in [0.2, 0.25) is 0 Å². The topological polar surface area (TPSA) is 59.7 Å². The minimum Gasteiger partial charge on any atom is -0.507 e. The van der Waals surface area contributed by atoms with Crippen molar-refractivity contribution in [2.75, 3.05) is 7.11 Å². The van der Waals surface area contributed by atoms with Gasteiger partial charge in [-0.1, -0.05) is 30.3 Å². The van der Waals surface area contributed by atoms with Crippen molar-refractivity contribution in [2.24, 2.45) is 0 Å². The van der Waals surface area contributed by atoms with Crippen LogP contribution in [0.5, 0.6) is 11.5 Å². The minimum absolute atomic E-state index is 0.136. The number of phenols is 1. The monoisotopic (exact) mass is 317 g/mol. The first-order valence-electron chi connectivity index (χ1n) is 7.54. The highest BCUT2D eigenvalue weighted by Crippen LogP contribution is 2.34. The predicted octanol–water partition coefficient (Wildman–Crippen LogP) is 3.78. The molecule has 2 aromatic heterocycles. The summed E-state index contributed by atoms with van der Waals surface area (Å²) < 4.78 is 6.87. The zero-order valence-corrected chi connectivity index (χ0v) is 13.0. The molecule has 0 radical (unpaired) electrons. The summed E-state index contributed by atoms with van der Waals surface area (Å²) >= 11 is 0. The highest BCUT2D eigenvalue weighted by atomic mass is 16.5. The molecule has 0 saturated heterocycles. The molecule has 0 bridgehead atoms. The van der Waals surface area contributed by atoms with Gasteiger partial charge in [0.05, 0.1) is 24.7 Å². The van der Waals surface area contributed by atoms with Gasteiger partial charge in [-0.05, 0) is 18.2 Å². The maximum atomic E-state index is 10.4. The van der Waals surface area contributed by atoms with Crippen LogP contribution in [0.4, 0.5) is 0 Å². The van der Waals surface area contributed by atoms with Crippen LogP contribution in [0, 0.1) is 0 Å². The van der Waals surface area contributed by atoms with Crippen molar-refractivity contribution < 1.29 is 9.84 Å². The third kappa shape index (κ3) is 2.36. The molecule has 5 heteroatoms. The van der Waals surface area contributed by atoms with Gasteiger partial charge in [0.2, 0.25) is 0 Å². The fourth-order valence-electron chi connectivity index (χ4n) is 2.72. The van der Waals surface area contributed by atoms with E-state index in [9.17, 15) is 5.11 Å². The standard InChI is InChI=1S/C19H15N3O2/c1-24-14-7-8-15(18(23)11-14)17-12-16(13-5-3-2-4-6-13)21-19-9-10-20-22(17)19/h2-12,23H,1H3. The molecular formula is C19H15N3O2. The van der Waals surface area contributed by atoms with Crippen LogP contribution in [0.1, 0.15) is 0 Å². The summed E-state index contributed by atoms with van der Waals surface area (Å²) in [6.07, 6.45) is 1.70. The third-order valence-corrected chi connectivity index (χ3v) is 3.91. The fourth-order valence-corrected chi connectivity index (χ4v) is 2.72. The van der Waals surface area contributed by atoms with E-state index in [4.69, 9.17) is 4.74 Å². The van der Waals surface area contributed by atoms with E-state index in [0.29, 0.717) is 11.3 Å². The Kier molecular flexibility index (Phi) is 3.39. The molecule has 24 heavy (non-hydrogen) atoms. The number of phenolic OH excluding ortho intramolecular Hbond substituents is 1. The van der Waals surface area contributed by atoms with Gasteiger partial charge in [-0.25, -0.2) is 9.50 Å². The van der Waals surface area contributed by atoms with E-state index in [2.05, 4.69) is 10.1 Å². The van der Waals surface area contributed by atoms with Crippen LogP contribution in [0.15, 0.2) is 66.9 Å². The van der Waals surface area contributed by atoms with E-state index < -0.39 is 0 Å². The van der Waals surface area contributed by atoms with E-state index in [1.165, 1.54) is 0 Å². The van der Waals surface area contributed by atoms with E-state index in [0.717, 1.165) is 22.6 Å². The van der Waals surface area contributed by atoms with Crippen molar-refractivity contribution >= 4 is 5.65 Å². The lowest BCUT2D eigenvalue weighted by molar-refractivity contribution is 0.408. The second-order valence-corrected chi connectivity index (χ2v) is 5.38. The Balaban J connectivity index is 1.96. The van der Waals surface area contributed by atoms with Gasteiger partial charge >= 0.3 is 0 Å². The molecule has 0 saturated carbocycles. The normalized spacial score (nSPS) is 10.9. The number of hydrogen-bond acceptors (Lipinski definition) is 4. The molecule has 4 aromatic rings. The molecule has 0 fully saturated rings. The Hall–Kier alpha value is -3.34. The van der Waals surface area contributed by atoms with Gasteiger partial charge in [-0.3, -0.25) is 0 Å². The summed E-state index contributed by atoms with van der Waals surface area (Å²) in [6.45, 7) is 0. The van der Waals surface area contributed by atoms with Gasteiger partial charge < -0.3 is 9.84 Å². The Labute approximate surface area is 138 Å². The number of fused-ring (bicyclic) bond motifs is 1. The first-order chi connectivity index (χ1) is 11.8. The Morgan fingerprint density at radius 3 is 2.58 bits per heavy atom. The summed E-state index contributed by atoms with van der Waals surface area (Å²) in [5.74, 6) is 0.738. The Bertz CT molecular complexity index is 1010. The van der Waals surface area contributed by atoms with Crippen LogP contribution in [0.3, 0.4) is 0 Å². The zero-order chi connectivity index (χ0) is 16.5. The van der Waals surface area contributed by atoms with Crippen LogP contribution in [-0.4, -0.2) is 26.8 Å². The SMILES string of the molecule is COc1ccc(-c2cc(-c3ccccc3)nc3ccnn23)c(O)c1. The maximum absolute atomic E-state index is 10.4. The first kappa shape index (κ1) is 14.3. The number of aromatic nitrogens is 3. The summed E-state index contributed by atoms with van der Waals surface area (Å²) in [6, 6.07) is 18.9. The fraction of sp³-hybridized carbons (Fsp3) is 0.0526. The molecule has 0 spiro atoms. The number of nitrogens with zero attached hydrogens (tertiary/aromatic N) is 3. The predicted molar refractivity (Wildman–Crippen MR) is 92.1 cm³/mol. The highest BCUT2D eigenvalue weighted by molar-refractivity contribution is 5.75. The average molecular weight is 317 g/mol. The Morgan fingerprint density at radius 1 is 1.00 bits per heavy atom. The maximum Gasteiger partial charge on any atom is 0.156 e. The molecule has 1 N–H and O–H groups in total. The highest BCUT2D eigenvalue weighted by Gasteiger charge is 2.13. The molecule has 0 aliphatic rings. The molecule has 2 aromatic carbocycles. The van der Waals surface area contributed by atoms with Gasteiger partial charge in [-0.2, -0.15) is 5.10 Å². The number of ether oxygens (including phenoxy) is 1. The lowest BCUT2D eigenvalue weighted by atomic mass is 10.1. The molecule has 2 heterocycles. The molecule has 0 atom stereocenters. The number of aromatic hydroxyl groups is 1. The van der Waals surface area contributed by atoms with Gasteiger partial charge in [0.25, 0.3) is 0 Å². The number of rotatable bonds is 3. The van der Waals surface area contributed by atoms with E-state index in [1.54, 1.807) is 23.9 Å². The van der Waals surface area contributed by atoms with Crippen LogP contribution in [-0.2, 0) is 0 Å². The van der Waals surface area contributed by atoms with Gasteiger partial charge in [0, 0.05) is 23.3 Å². The summed E-state index contributed by atoms with van der Waals surface area (Å²) in [5, 5.41) is 14.7. The molecule has 0 amide bonds. The van der Waals surface area contributed by atoms with Crippen molar-refractivity contribution in [3.8, 4) is 34.0 Å². The molecular weight excluding hydrogens is 302 g/mol. The summed E-state index contributed by atoms with van der Waals surface area (Å²) in [4.78, 5) is 4.65. The number of hydrogen-bond donors (Lipinski definition) is 1. The quantitative estimate of drug-likeness (QED) is 0.625. The van der Waals surface area contributed by atoms with E-state index in [-0.39, 0.29) is 5.75 Å². The lowest BCUT2D eigenvalue weighted by Crippen LogP contribution is -1.98. The van der Waals surface area contributed by atoms with Crippen LogP contribution < -0.4 is 4.74 Å². The third-order valence-electron chi connectivity index (χ3n) is 3.91. The molecule has 118 valence electrons. The second-order valence-electron chi connectivity index (χ2n) is 5.38. The van der Waals surface area contributed by atoms with Crippen LogP contribution >= 0.6 is 0 Å². The minimum atomic E-state index is 0.136. The van der Waals surface area contributed by atoms with Crippen molar-refractivity contribution in [3.05, 3.63) is 66.9 Å². The van der Waals surface area contributed by atoms with E-state index in [1.807, 2.05) is 54.6 Å². The van der Waals surface area contributed by atoms with Crippen LogP contribution in [0.25, 0.3) is 28.2 Å². The zero-order valence-electron chi connectivity index (χ0n) is 13.0. The van der Waals surface area contributed by atoms with Gasteiger partial charge in [-0.15, -0.1) is 0 Å². The first-order valence-corrected chi connectivity index (χ1v) is 7.54. The second kappa shape index (κ2) is 5.70. The van der Waals surface area contributed by atoms with Crippen molar-refractivity contribution in [1.82, 2.24) is 14.6 Å². The smallest absolute Gasteiger partial charge is 0.156 e.